The largest absolute Gasteiger partial charge is 0.484 e. The van der Waals surface area contributed by atoms with E-state index in [1.807, 2.05) is 41.0 Å². The Hall–Kier alpha value is -3.18. The van der Waals surface area contributed by atoms with Gasteiger partial charge in [-0.3, -0.25) is 15.6 Å². The number of carbonyl (C=O) groups excluding carboxylic acids is 1. The average Bonchev–Trinajstić information content (AvgIpc) is 2.83. The number of anilines is 3. The lowest BCUT2D eigenvalue weighted by molar-refractivity contribution is -0.122. The number of rotatable bonds is 7. The SMILES string of the molecule is Cc1ccc(OCC(=O)NNc2nc(N3CCOCC3)nc(N3CCOCC3)n2)cc1. The Balaban J connectivity index is 1.40. The van der Waals surface area contributed by atoms with Crippen molar-refractivity contribution in [1.82, 2.24) is 20.4 Å². The normalized spacial score (nSPS) is 16.7. The average molecular weight is 429 g/mol. The van der Waals surface area contributed by atoms with E-state index >= 15 is 0 Å². The molecule has 0 atom stereocenters. The number of aromatic nitrogens is 3. The molecule has 2 aliphatic heterocycles. The van der Waals surface area contributed by atoms with Gasteiger partial charge in [0.1, 0.15) is 5.75 Å². The van der Waals surface area contributed by atoms with E-state index in [2.05, 4.69) is 25.8 Å². The maximum Gasteiger partial charge on any atom is 0.276 e. The monoisotopic (exact) mass is 429 g/mol. The summed E-state index contributed by atoms with van der Waals surface area (Å²) >= 11 is 0. The Morgan fingerprint density at radius 2 is 1.48 bits per heavy atom. The Labute approximate surface area is 180 Å². The lowest BCUT2D eigenvalue weighted by Gasteiger charge is -2.30. The van der Waals surface area contributed by atoms with Gasteiger partial charge in [-0.25, -0.2) is 0 Å². The first-order chi connectivity index (χ1) is 15.2. The molecule has 2 N–H and O–H groups in total. The predicted molar refractivity (Wildman–Crippen MR) is 114 cm³/mol. The van der Waals surface area contributed by atoms with Crippen molar-refractivity contribution < 1.29 is 19.0 Å². The summed E-state index contributed by atoms with van der Waals surface area (Å²) in [5, 5.41) is 0. The van der Waals surface area contributed by atoms with Crippen molar-refractivity contribution in [2.75, 3.05) is 74.4 Å². The molecule has 0 unspecified atom stereocenters. The van der Waals surface area contributed by atoms with E-state index in [1.54, 1.807) is 0 Å². The molecule has 11 heteroatoms. The lowest BCUT2D eigenvalue weighted by Crippen LogP contribution is -2.40. The van der Waals surface area contributed by atoms with Crippen LogP contribution in [0.25, 0.3) is 0 Å². The summed E-state index contributed by atoms with van der Waals surface area (Å²) in [5.41, 5.74) is 6.50. The van der Waals surface area contributed by atoms with Crippen LogP contribution in [0.3, 0.4) is 0 Å². The quantitative estimate of drug-likeness (QED) is 0.599. The zero-order valence-electron chi connectivity index (χ0n) is 17.5. The van der Waals surface area contributed by atoms with Crippen molar-refractivity contribution in [3.05, 3.63) is 29.8 Å². The van der Waals surface area contributed by atoms with Crippen LogP contribution in [-0.2, 0) is 14.3 Å². The molecule has 2 aromatic rings. The van der Waals surface area contributed by atoms with Crippen LogP contribution in [0.2, 0.25) is 0 Å². The minimum atomic E-state index is -0.346. The van der Waals surface area contributed by atoms with E-state index in [0.29, 0.717) is 70.3 Å². The molecule has 0 radical (unpaired) electrons. The van der Waals surface area contributed by atoms with E-state index in [-0.39, 0.29) is 18.5 Å². The third-order valence-electron chi connectivity index (χ3n) is 4.90. The van der Waals surface area contributed by atoms with Gasteiger partial charge in [0.25, 0.3) is 5.91 Å². The molecular formula is C20H27N7O4. The first kappa shape index (κ1) is 21.1. The topological polar surface area (TPSA) is 114 Å². The van der Waals surface area contributed by atoms with Crippen molar-refractivity contribution in [2.24, 2.45) is 0 Å². The summed E-state index contributed by atoms with van der Waals surface area (Å²) in [7, 11) is 0. The molecule has 4 rings (SSSR count). The molecule has 2 saturated heterocycles. The molecular weight excluding hydrogens is 402 g/mol. The number of amides is 1. The fraction of sp³-hybridized carbons (Fsp3) is 0.500. The predicted octanol–water partition coefficient (Wildman–Crippen LogP) is 0.375. The van der Waals surface area contributed by atoms with Gasteiger partial charge in [0.15, 0.2) is 6.61 Å². The molecule has 0 bridgehead atoms. The number of hydrazine groups is 1. The van der Waals surface area contributed by atoms with Crippen LogP contribution >= 0.6 is 0 Å². The number of carbonyl (C=O) groups is 1. The summed E-state index contributed by atoms with van der Waals surface area (Å²) in [6, 6.07) is 7.50. The summed E-state index contributed by atoms with van der Waals surface area (Å²) in [6.07, 6.45) is 0. The second kappa shape index (κ2) is 10.2. The zero-order chi connectivity index (χ0) is 21.5. The van der Waals surface area contributed by atoms with Gasteiger partial charge in [0.2, 0.25) is 17.8 Å². The molecule has 11 nitrogen and oxygen atoms in total. The maximum absolute atomic E-state index is 12.2. The second-order valence-corrected chi connectivity index (χ2v) is 7.23. The summed E-state index contributed by atoms with van der Waals surface area (Å²) in [4.78, 5) is 29.9. The summed E-state index contributed by atoms with van der Waals surface area (Å²) < 4.78 is 16.3. The van der Waals surface area contributed by atoms with E-state index in [9.17, 15) is 4.79 Å². The van der Waals surface area contributed by atoms with Gasteiger partial charge in [0, 0.05) is 26.2 Å². The Kier molecular flexibility index (Phi) is 6.95. The van der Waals surface area contributed by atoms with Crippen LogP contribution in [0.1, 0.15) is 5.56 Å². The Morgan fingerprint density at radius 3 is 2.03 bits per heavy atom. The molecule has 3 heterocycles. The van der Waals surface area contributed by atoms with Crippen LogP contribution in [0.15, 0.2) is 24.3 Å². The fourth-order valence-corrected chi connectivity index (χ4v) is 3.16. The highest BCUT2D eigenvalue weighted by atomic mass is 16.5. The van der Waals surface area contributed by atoms with Crippen molar-refractivity contribution in [1.29, 1.82) is 0 Å². The molecule has 2 aliphatic rings. The van der Waals surface area contributed by atoms with Crippen LogP contribution in [0, 0.1) is 6.92 Å². The Morgan fingerprint density at radius 1 is 0.935 bits per heavy atom. The number of ether oxygens (including phenoxy) is 3. The van der Waals surface area contributed by atoms with Crippen molar-refractivity contribution in [2.45, 2.75) is 6.92 Å². The van der Waals surface area contributed by atoms with Crippen LogP contribution in [-0.4, -0.2) is 80.1 Å². The van der Waals surface area contributed by atoms with E-state index < -0.39 is 0 Å². The van der Waals surface area contributed by atoms with E-state index in [1.165, 1.54) is 0 Å². The third-order valence-corrected chi connectivity index (χ3v) is 4.90. The smallest absolute Gasteiger partial charge is 0.276 e. The van der Waals surface area contributed by atoms with Gasteiger partial charge in [-0.1, -0.05) is 17.7 Å². The minimum Gasteiger partial charge on any atom is -0.484 e. The van der Waals surface area contributed by atoms with Gasteiger partial charge >= 0.3 is 0 Å². The number of aryl methyl sites for hydroxylation is 1. The highest BCUT2D eigenvalue weighted by Crippen LogP contribution is 2.18. The van der Waals surface area contributed by atoms with Gasteiger partial charge in [-0.05, 0) is 19.1 Å². The van der Waals surface area contributed by atoms with Crippen molar-refractivity contribution >= 4 is 23.8 Å². The molecule has 0 saturated carbocycles. The van der Waals surface area contributed by atoms with Gasteiger partial charge < -0.3 is 24.0 Å². The zero-order valence-corrected chi connectivity index (χ0v) is 17.5. The molecule has 31 heavy (non-hydrogen) atoms. The summed E-state index contributed by atoms with van der Waals surface area (Å²) in [5.74, 6) is 1.65. The van der Waals surface area contributed by atoms with Crippen LogP contribution in [0.4, 0.5) is 17.8 Å². The number of hydrogen-bond acceptors (Lipinski definition) is 10. The van der Waals surface area contributed by atoms with Crippen LogP contribution in [0.5, 0.6) is 5.75 Å². The number of hydrogen-bond donors (Lipinski definition) is 2. The van der Waals surface area contributed by atoms with Gasteiger partial charge in [-0.15, -0.1) is 0 Å². The highest BCUT2D eigenvalue weighted by Gasteiger charge is 2.20. The number of benzene rings is 1. The minimum absolute atomic E-state index is 0.131. The number of nitrogens with one attached hydrogen (secondary N) is 2. The fourth-order valence-electron chi connectivity index (χ4n) is 3.16. The molecule has 1 amide bonds. The van der Waals surface area contributed by atoms with Crippen LogP contribution < -0.4 is 25.4 Å². The molecule has 2 fully saturated rings. The molecule has 1 aromatic heterocycles. The van der Waals surface area contributed by atoms with E-state index in [0.717, 1.165) is 5.56 Å². The molecule has 0 spiro atoms. The third kappa shape index (κ3) is 5.92. The van der Waals surface area contributed by atoms with Gasteiger partial charge in [0.05, 0.1) is 26.4 Å². The first-order valence-corrected chi connectivity index (χ1v) is 10.3. The van der Waals surface area contributed by atoms with Crippen molar-refractivity contribution in [3.8, 4) is 5.75 Å². The Bertz CT molecular complexity index is 832. The number of morpholine rings is 2. The van der Waals surface area contributed by atoms with Gasteiger partial charge in [-0.2, -0.15) is 15.0 Å². The molecule has 0 aliphatic carbocycles. The highest BCUT2D eigenvalue weighted by molar-refractivity contribution is 5.78. The first-order valence-electron chi connectivity index (χ1n) is 10.3. The standard InChI is InChI=1S/C20H27N7O4/c1-15-2-4-16(5-3-15)31-14-17(28)24-25-18-21-19(26-6-10-29-11-7-26)23-20(22-18)27-8-12-30-13-9-27/h2-5H,6-14H2,1H3,(H,24,28)(H,21,22,23,25). The molecule has 166 valence electrons. The second-order valence-electron chi connectivity index (χ2n) is 7.23. The van der Waals surface area contributed by atoms with Crippen molar-refractivity contribution in [3.63, 3.8) is 0 Å². The maximum atomic E-state index is 12.2. The number of nitrogens with zero attached hydrogens (tertiary/aromatic N) is 5. The molecule has 1 aromatic carbocycles. The van der Waals surface area contributed by atoms with E-state index in [4.69, 9.17) is 14.2 Å². The summed E-state index contributed by atoms with van der Waals surface area (Å²) in [6.45, 7) is 7.13. The lowest BCUT2D eigenvalue weighted by atomic mass is 10.2.